The van der Waals surface area contributed by atoms with Crippen LogP contribution in [-0.2, 0) is 4.74 Å². The van der Waals surface area contributed by atoms with E-state index in [1.54, 1.807) is 24.4 Å². The highest BCUT2D eigenvalue weighted by Gasteiger charge is 2.37. The number of pyridine rings is 1. The molecule has 0 N–H and O–H groups in total. The molecule has 1 aliphatic heterocycles. The van der Waals surface area contributed by atoms with Crippen LogP contribution < -0.4 is 0 Å². The number of aromatic nitrogens is 1. The summed E-state index contributed by atoms with van der Waals surface area (Å²) in [6.45, 7) is 1.44. The number of amides is 1. The van der Waals surface area contributed by atoms with Crippen LogP contribution in [-0.4, -0.2) is 42.6 Å². The average Bonchev–Trinajstić information content (AvgIpc) is 2.99. The number of hydrogen-bond acceptors (Lipinski definition) is 3. The van der Waals surface area contributed by atoms with Crippen LogP contribution in [0.15, 0.2) is 42.7 Å². The van der Waals surface area contributed by atoms with Gasteiger partial charge in [0.15, 0.2) is 0 Å². The summed E-state index contributed by atoms with van der Waals surface area (Å²) in [5, 5.41) is 0. The number of hydrogen-bond donors (Lipinski definition) is 0. The number of benzene rings is 1. The number of rotatable bonds is 4. The van der Waals surface area contributed by atoms with E-state index < -0.39 is 17.5 Å². The predicted molar refractivity (Wildman–Crippen MR) is 84.6 cm³/mol. The lowest BCUT2D eigenvalue weighted by Gasteiger charge is -2.17. The zero-order chi connectivity index (χ0) is 17.1. The summed E-state index contributed by atoms with van der Waals surface area (Å²) in [6, 6.07) is 6.85. The molecule has 1 aromatic carbocycles. The average molecular weight is 332 g/mol. The summed E-state index contributed by atoms with van der Waals surface area (Å²) in [5.41, 5.74) is 0.963. The Morgan fingerprint density at radius 3 is 2.67 bits per heavy atom. The van der Waals surface area contributed by atoms with Crippen molar-refractivity contribution in [2.45, 2.75) is 5.92 Å². The Kier molecular flexibility index (Phi) is 4.85. The van der Waals surface area contributed by atoms with E-state index in [4.69, 9.17) is 4.74 Å². The van der Waals surface area contributed by atoms with Crippen molar-refractivity contribution in [3.8, 4) is 0 Å². The fraction of sp³-hybridized carbons (Fsp3) is 0.333. The van der Waals surface area contributed by atoms with Crippen LogP contribution in [0.25, 0.3) is 0 Å². The molecule has 0 radical (unpaired) electrons. The molecule has 0 spiro atoms. The van der Waals surface area contributed by atoms with E-state index >= 15 is 0 Å². The lowest BCUT2D eigenvalue weighted by molar-refractivity contribution is 0.0770. The van der Waals surface area contributed by atoms with Gasteiger partial charge in [0.05, 0.1) is 12.2 Å². The maximum atomic E-state index is 13.9. The van der Waals surface area contributed by atoms with Crippen molar-refractivity contribution in [2.75, 3.05) is 26.8 Å². The zero-order valence-electron chi connectivity index (χ0n) is 13.3. The second-order valence-corrected chi connectivity index (χ2v) is 5.94. The highest BCUT2D eigenvalue weighted by molar-refractivity contribution is 5.94. The topological polar surface area (TPSA) is 42.4 Å². The third kappa shape index (κ3) is 3.28. The van der Waals surface area contributed by atoms with Crippen molar-refractivity contribution in [1.29, 1.82) is 0 Å². The first-order chi connectivity index (χ1) is 11.6. The Labute approximate surface area is 139 Å². The van der Waals surface area contributed by atoms with E-state index in [0.717, 1.165) is 17.7 Å². The normalized spacial score (nSPS) is 20.4. The van der Waals surface area contributed by atoms with Crippen LogP contribution in [0.3, 0.4) is 0 Å². The van der Waals surface area contributed by atoms with Crippen LogP contribution in [0.2, 0.25) is 0 Å². The Morgan fingerprint density at radius 1 is 1.25 bits per heavy atom. The van der Waals surface area contributed by atoms with Gasteiger partial charge >= 0.3 is 0 Å². The molecule has 126 valence electrons. The van der Waals surface area contributed by atoms with Gasteiger partial charge in [0.1, 0.15) is 11.6 Å². The minimum atomic E-state index is -0.837. The Balaban J connectivity index is 1.83. The fourth-order valence-electron chi connectivity index (χ4n) is 3.24. The van der Waals surface area contributed by atoms with Gasteiger partial charge < -0.3 is 9.64 Å². The second-order valence-electron chi connectivity index (χ2n) is 5.94. The highest BCUT2D eigenvalue weighted by atomic mass is 19.1. The molecule has 0 aliphatic carbocycles. The summed E-state index contributed by atoms with van der Waals surface area (Å²) in [4.78, 5) is 18.2. The van der Waals surface area contributed by atoms with Gasteiger partial charge in [0, 0.05) is 50.5 Å². The number of nitrogens with zero attached hydrogens (tertiary/aromatic N) is 2. The monoisotopic (exact) mass is 332 g/mol. The highest BCUT2D eigenvalue weighted by Crippen LogP contribution is 2.33. The molecule has 1 aromatic heterocycles. The molecule has 24 heavy (non-hydrogen) atoms. The van der Waals surface area contributed by atoms with Gasteiger partial charge in [-0.05, 0) is 29.8 Å². The molecule has 1 fully saturated rings. The van der Waals surface area contributed by atoms with Crippen LogP contribution >= 0.6 is 0 Å². The molecule has 1 saturated heterocycles. The van der Waals surface area contributed by atoms with Crippen molar-refractivity contribution in [3.05, 3.63) is 65.5 Å². The maximum absolute atomic E-state index is 13.9. The number of likely N-dealkylation sites (tertiary alicyclic amines) is 1. The van der Waals surface area contributed by atoms with Crippen molar-refractivity contribution < 1.29 is 18.3 Å². The van der Waals surface area contributed by atoms with Crippen LogP contribution in [0.5, 0.6) is 0 Å². The molecule has 0 unspecified atom stereocenters. The van der Waals surface area contributed by atoms with E-state index in [1.165, 1.54) is 6.07 Å². The standard InChI is InChI=1S/C18H18F2N2O2/c1-24-11-13-9-22(10-16(13)12-4-6-21-7-5-12)18(23)15-3-2-14(19)8-17(15)20/h2-8,13,16H,9-11H2,1H3/t13-,16-/m0/s1. The third-order valence-corrected chi connectivity index (χ3v) is 4.40. The summed E-state index contributed by atoms with van der Waals surface area (Å²) in [7, 11) is 1.62. The molecule has 2 heterocycles. The second kappa shape index (κ2) is 7.05. The number of methoxy groups -OCH3 is 1. The van der Waals surface area contributed by atoms with Crippen molar-refractivity contribution in [2.24, 2.45) is 5.92 Å². The lowest BCUT2D eigenvalue weighted by atomic mass is 9.90. The molecule has 6 heteroatoms. The largest absolute Gasteiger partial charge is 0.384 e. The molecule has 3 rings (SSSR count). The minimum absolute atomic E-state index is 0.0976. The Hall–Kier alpha value is -2.34. The Morgan fingerprint density at radius 2 is 2.00 bits per heavy atom. The van der Waals surface area contributed by atoms with Crippen LogP contribution in [0, 0.1) is 17.6 Å². The van der Waals surface area contributed by atoms with E-state index in [-0.39, 0.29) is 17.4 Å². The molecule has 4 nitrogen and oxygen atoms in total. The number of carbonyl (C=O) groups is 1. The van der Waals surface area contributed by atoms with Crippen LogP contribution in [0.4, 0.5) is 8.78 Å². The van der Waals surface area contributed by atoms with E-state index in [0.29, 0.717) is 19.7 Å². The maximum Gasteiger partial charge on any atom is 0.256 e. The van der Waals surface area contributed by atoms with Gasteiger partial charge in [-0.1, -0.05) is 0 Å². The fourth-order valence-corrected chi connectivity index (χ4v) is 3.24. The first-order valence-electron chi connectivity index (χ1n) is 7.73. The molecular formula is C18H18F2N2O2. The van der Waals surface area contributed by atoms with Gasteiger partial charge in [-0.2, -0.15) is 0 Å². The summed E-state index contributed by atoms with van der Waals surface area (Å²) in [5.74, 6) is -1.75. The number of ether oxygens (including phenoxy) is 1. The summed E-state index contributed by atoms with van der Waals surface area (Å²) < 4.78 is 32.2. The van der Waals surface area contributed by atoms with Crippen molar-refractivity contribution in [1.82, 2.24) is 9.88 Å². The zero-order valence-corrected chi connectivity index (χ0v) is 13.3. The van der Waals surface area contributed by atoms with E-state index in [1.807, 2.05) is 12.1 Å². The van der Waals surface area contributed by atoms with Crippen molar-refractivity contribution >= 4 is 5.91 Å². The SMILES string of the molecule is COC[C@@H]1CN(C(=O)c2ccc(F)cc2F)C[C@H]1c1ccncc1. The van der Waals surface area contributed by atoms with Gasteiger partial charge in [-0.25, -0.2) is 8.78 Å². The van der Waals surface area contributed by atoms with Crippen LogP contribution in [0.1, 0.15) is 21.8 Å². The summed E-state index contributed by atoms with van der Waals surface area (Å²) >= 11 is 0. The number of halogens is 2. The molecular weight excluding hydrogens is 314 g/mol. The minimum Gasteiger partial charge on any atom is -0.384 e. The summed E-state index contributed by atoms with van der Waals surface area (Å²) in [6.07, 6.45) is 3.42. The van der Waals surface area contributed by atoms with Gasteiger partial charge in [-0.15, -0.1) is 0 Å². The Bertz CT molecular complexity index is 724. The number of carbonyl (C=O) groups excluding carboxylic acids is 1. The molecule has 2 atom stereocenters. The van der Waals surface area contributed by atoms with Crippen molar-refractivity contribution in [3.63, 3.8) is 0 Å². The van der Waals surface area contributed by atoms with Gasteiger partial charge in [-0.3, -0.25) is 9.78 Å². The smallest absolute Gasteiger partial charge is 0.256 e. The first-order valence-corrected chi connectivity index (χ1v) is 7.73. The molecule has 0 saturated carbocycles. The van der Waals surface area contributed by atoms with Gasteiger partial charge in [0.25, 0.3) is 5.91 Å². The predicted octanol–water partition coefficient (Wildman–Crippen LogP) is 2.86. The van der Waals surface area contributed by atoms with E-state index in [2.05, 4.69) is 4.98 Å². The molecule has 1 aliphatic rings. The lowest BCUT2D eigenvalue weighted by Crippen LogP contribution is -2.30. The van der Waals surface area contributed by atoms with E-state index in [9.17, 15) is 13.6 Å². The molecule has 1 amide bonds. The third-order valence-electron chi connectivity index (χ3n) is 4.40. The molecule has 0 bridgehead atoms. The molecule has 2 aromatic rings. The quantitative estimate of drug-likeness (QED) is 0.865. The van der Waals surface area contributed by atoms with Gasteiger partial charge in [0.2, 0.25) is 0 Å². The first kappa shape index (κ1) is 16.5.